The molecule has 2 rings (SSSR count). The van der Waals surface area contributed by atoms with Gasteiger partial charge >= 0.3 is 0 Å². The molecule has 0 aromatic carbocycles. The van der Waals surface area contributed by atoms with Gasteiger partial charge in [-0.25, -0.2) is 0 Å². The summed E-state index contributed by atoms with van der Waals surface area (Å²) in [5.41, 5.74) is 7.09. The fraction of sp³-hybridized carbons (Fsp3) is 0.286. The first-order valence-corrected chi connectivity index (χ1v) is 7.23. The van der Waals surface area contributed by atoms with Gasteiger partial charge in [-0.15, -0.1) is 11.3 Å². The molecule has 3 N–H and O–H groups in total. The van der Waals surface area contributed by atoms with Crippen LogP contribution in [0.4, 0.5) is 5.69 Å². The molecule has 2 heterocycles. The molecule has 0 radical (unpaired) electrons. The lowest BCUT2D eigenvalue weighted by atomic mass is 10.2. The number of aromatic nitrogens is 1. The normalized spacial score (nSPS) is 11.8. The Morgan fingerprint density at radius 3 is 2.85 bits per heavy atom. The van der Waals surface area contributed by atoms with E-state index in [0.717, 1.165) is 12.2 Å². The van der Waals surface area contributed by atoms with Crippen molar-refractivity contribution in [3.05, 3.63) is 46.4 Å². The molecule has 5 nitrogen and oxygen atoms in total. The SMILES string of the molecule is CC(C)N(Cc1cccs1)c1cccnc1/C(N)=N/O. The Balaban J connectivity index is 2.39. The average molecular weight is 290 g/mol. The second-order valence-corrected chi connectivity index (χ2v) is 5.69. The summed E-state index contributed by atoms with van der Waals surface area (Å²) in [5, 5.41) is 14.0. The van der Waals surface area contributed by atoms with Crippen LogP contribution in [-0.2, 0) is 6.54 Å². The minimum Gasteiger partial charge on any atom is -0.409 e. The highest BCUT2D eigenvalue weighted by Gasteiger charge is 2.18. The van der Waals surface area contributed by atoms with Crippen molar-refractivity contribution in [3.63, 3.8) is 0 Å². The predicted molar refractivity (Wildman–Crippen MR) is 82.4 cm³/mol. The van der Waals surface area contributed by atoms with Crippen LogP contribution in [-0.4, -0.2) is 22.1 Å². The lowest BCUT2D eigenvalue weighted by molar-refractivity contribution is 0.318. The average Bonchev–Trinajstić information content (AvgIpc) is 2.96. The highest BCUT2D eigenvalue weighted by Crippen LogP contribution is 2.24. The van der Waals surface area contributed by atoms with Crippen molar-refractivity contribution in [2.45, 2.75) is 26.4 Å². The van der Waals surface area contributed by atoms with Gasteiger partial charge in [-0.3, -0.25) is 4.98 Å². The minimum absolute atomic E-state index is 0.0254. The number of amidine groups is 1. The molecular weight excluding hydrogens is 272 g/mol. The van der Waals surface area contributed by atoms with Gasteiger partial charge in [0.25, 0.3) is 0 Å². The van der Waals surface area contributed by atoms with Crippen LogP contribution in [0.1, 0.15) is 24.4 Å². The highest BCUT2D eigenvalue weighted by molar-refractivity contribution is 7.09. The molecule has 0 atom stereocenters. The summed E-state index contributed by atoms with van der Waals surface area (Å²) < 4.78 is 0. The summed E-state index contributed by atoms with van der Waals surface area (Å²) in [6, 6.07) is 8.19. The van der Waals surface area contributed by atoms with Crippen LogP contribution in [0, 0.1) is 0 Å². The largest absolute Gasteiger partial charge is 0.409 e. The number of thiophene rings is 1. The maximum atomic E-state index is 8.90. The summed E-state index contributed by atoms with van der Waals surface area (Å²) in [6.45, 7) is 4.99. The van der Waals surface area contributed by atoms with Crippen LogP contribution in [0.25, 0.3) is 0 Å². The van der Waals surface area contributed by atoms with Gasteiger partial charge in [0.15, 0.2) is 5.84 Å². The predicted octanol–water partition coefficient (Wildman–Crippen LogP) is 2.65. The Morgan fingerprint density at radius 1 is 1.45 bits per heavy atom. The van der Waals surface area contributed by atoms with Gasteiger partial charge in [-0.2, -0.15) is 0 Å². The topological polar surface area (TPSA) is 74.7 Å². The van der Waals surface area contributed by atoms with E-state index in [9.17, 15) is 0 Å². The quantitative estimate of drug-likeness (QED) is 0.384. The second-order valence-electron chi connectivity index (χ2n) is 4.66. The van der Waals surface area contributed by atoms with Crippen LogP contribution >= 0.6 is 11.3 Å². The van der Waals surface area contributed by atoms with E-state index in [1.165, 1.54) is 4.88 Å². The number of hydrogen-bond donors (Lipinski definition) is 2. The van der Waals surface area contributed by atoms with Gasteiger partial charge in [0, 0.05) is 17.1 Å². The number of nitrogens with two attached hydrogens (primary N) is 1. The molecule has 0 unspecified atom stereocenters. The first-order valence-electron chi connectivity index (χ1n) is 6.35. The summed E-state index contributed by atoms with van der Waals surface area (Å²) in [6.07, 6.45) is 1.64. The standard InChI is InChI=1S/C14H18N4OS/c1-10(2)18(9-11-5-4-8-20-11)12-6-3-7-16-13(12)14(15)17-19/h3-8,10,19H,9H2,1-2H3,(H2,15,17). The van der Waals surface area contributed by atoms with Crippen molar-refractivity contribution < 1.29 is 5.21 Å². The van der Waals surface area contributed by atoms with Crippen LogP contribution in [0.2, 0.25) is 0 Å². The number of pyridine rings is 1. The molecule has 2 aromatic rings. The Kier molecular flexibility index (Phi) is 4.57. The van der Waals surface area contributed by atoms with E-state index < -0.39 is 0 Å². The number of nitrogens with zero attached hydrogens (tertiary/aromatic N) is 3. The summed E-state index contributed by atoms with van der Waals surface area (Å²) in [5.74, 6) is 0.0254. The van der Waals surface area contributed by atoms with Crippen molar-refractivity contribution in [1.82, 2.24) is 4.98 Å². The number of rotatable bonds is 5. The molecule has 0 aliphatic heterocycles. The first kappa shape index (κ1) is 14.3. The summed E-state index contributed by atoms with van der Waals surface area (Å²) in [7, 11) is 0. The van der Waals surface area contributed by atoms with Crippen molar-refractivity contribution in [1.29, 1.82) is 0 Å². The summed E-state index contributed by atoms with van der Waals surface area (Å²) >= 11 is 1.71. The maximum absolute atomic E-state index is 8.90. The highest BCUT2D eigenvalue weighted by atomic mass is 32.1. The van der Waals surface area contributed by atoms with Crippen LogP contribution < -0.4 is 10.6 Å². The number of oxime groups is 1. The molecule has 0 saturated heterocycles. The molecule has 0 fully saturated rings. The fourth-order valence-electron chi connectivity index (χ4n) is 1.99. The van der Waals surface area contributed by atoms with E-state index in [2.05, 4.69) is 40.3 Å². The lowest BCUT2D eigenvalue weighted by Crippen LogP contribution is -2.32. The number of anilines is 1. The Hall–Kier alpha value is -2.08. The molecule has 0 amide bonds. The molecule has 0 spiro atoms. The van der Waals surface area contributed by atoms with Gasteiger partial charge in [0.05, 0.1) is 12.2 Å². The monoisotopic (exact) mass is 290 g/mol. The third-order valence-electron chi connectivity index (χ3n) is 2.98. The van der Waals surface area contributed by atoms with E-state index in [1.807, 2.05) is 18.2 Å². The molecule has 0 saturated carbocycles. The molecule has 0 aliphatic rings. The molecule has 0 aliphatic carbocycles. The van der Waals surface area contributed by atoms with Crippen molar-refractivity contribution in [3.8, 4) is 0 Å². The van der Waals surface area contributed by atoms with E-state index >= 15 is 0 Å². The molecule has 6 heteroatoms. The Labute approximate surface area is 122 Å². The lowest BCUT2D eigenvalue weighted by Gasteiger charge is -2.29. The Morgan fingerprint density at radius 2 is 2.25 bits per heavy atom. The molecule has 0 bridgehead atoms. The smallest absolute Gasteiger partial charge is 0.190 e. The maximum Gasteiger partial charge on any atom is 0.190 e. The first-order chi connectivity index (χ1) is 9.63. The third-order valence-corrected chi connectivity index (χ3v) is 3.84. The minimum atomic E-state index is 0.0254. The van der Waals surface area contributed by atoms with Gasteiger partial charge in [0.2, 0.25) is 0 Å². The van der Waals surface area contributed by atoms with E-state index in [-0.39, 0.29) is 11.9 Å². The zero-order valence-corrected chi connectivity index (χ0v) is 12.3. The molecule has 2 aromatic heterocycles. The number of hydrogen-bond acceptors (Lipinski definition) is 5. The van der Waals surface area contributed by atoms with Crippen LogP contribution in [0.3, 0.4) is 0 Å². The van der Waals surface area contributed by atoms with E-state index in [4.69, 9.17) is 10.9 Å². The van der Waals surface area contributed by atoms with Gasteiger partial charge in [0.1, 0.15) is 5.69 Å². The second kappa shape index (κ2) is 6.38. The van der Waals surface area contributed by atoms with E-state index in [0.29, 0.717) is 5.69 Å². The summed E-state index contributed by atoms with van der Waals surface area (Å²) in [4.78, 5) is 7.67. The zero-order chi connectivity index (χ0) is 14.5. The van der Waals surface area contributed by atoms with Crippen LogP contribution in [0.15, 0.2) is 41.0 Å². The molecule has 20 heavy (non-hydrogen) atoms. The Bertz CT molecular complexity index is 581. The van der Waals surface area contributed by atoms with Crippen molar-refractivity contribution >= 4 is 22.9 Å². The zero-order valence-electron chi connectivity index (χ0n) is 11.5. The van der Waals surface area contributed by atoms with Crippen molar-refractivity contribution in [2.24, 2.45) is 10.9 Å². The van der Waals surface area contributed by atoms with Gasteiger partial charge in [-0.05, 0) is 37.4 Å². The van der Waals surface area contributed by atoms with Gasteiger partial charge < -0.3 is 15.8 Å². The molecular formula is C14H18N4OS. The van der Waals surface area contributed by atoms with Crippen LogP contribution in [0.5, 0.6) is 0 Å². The van der Waals surface area contributed by atoms with Gasteiger partial charge in [-0.1, -0.05) is 11.2 Å². The fourth-order valence-corrected chi connectivity index (χ4v) is 2.69. The molecule has 106 valence electrons. The third kappa shape index (κ3) is 3.08. The van der Waals surface area contributed by atoms with E-state index in [1.54, 1.807) is 17.5 Å². The van der Waals surface area contributed by atoms with Crippen molar-refractivity contribution in [2.75, 3.05) is 4.90 Å².